The van der Waals surface area contributed by atoms with Gasteiger partial charge in [-0.2, -0.15) is 0 Å². The molecule has 6 heteroatoms. The molecule has 3 rings (SSSR count). The average molecular weight is 417 g/mol. The predicted molar refractivity (Wildman–Crippen MR) is 121 cm³/mol. The molecular formula is C22H28N2O2S2. The number of thiophene rings is 1. The molecule has 0 atom stereocenters. The van der Waals surface area contributed by atoms with E-state index >= 15 is 0 Å². The topological polar surface area (TPSA) is 50.4 Å². The van der Waals surface area contributed by atoms with E-state index in [0.717, 1.165) is 42.8 Å². The van der Waals surface area contributed by atoms with Crippen LogP contribution in [0.4, 0.5) is 5.00 Å². The fourth-order valence-electron chi connectivity index (χ4n) is 3.54. The number of hydrogen-bond acceptors (Lipinski definition) is 4. The Kier molecular flexibility index (Phi) is 7.86. The fourth-order valence-corrected chi connectivity index (χ4v) is 5.09. The standard InChI is InChI=1S/C22H28N2O2S2/c1-2-26-21(25)19-17-12-8-3-4-9-13-18(17)28-20(19)24-22(27)23-15-14-16-10-6-5-7-11-16/h5-7,10-11H,2-4,8-9,12-15H2,1H3,(H2,23,24,27). The zero-order valence-corrected chi connectivity index (χ0v) is 18.0. The summed E-state index contributed by atoms with van der Waals surface area (Å²) in [6.45, 7) is 2.97. The quantitative estimate of drug-likeness (QED) is 0.506. The average Bonchev–Trinajstić information content (AvgIpc) is 2.99. The molecular weight excluding hydrogens is 388 g/mol. The first-order valence-electron chi connectivity index (χ1n) is 10.1. The van der Waals surface area contributed by atoms with Crippen LogP contribution in [0, 0.1) is 0 Å². The van der Waals surface area contributed by atoms with Gasteiger partial charge in [0.15, 0.2) is 5.11 Å². The zero-order chi connectivity index (χ0) is 19.8. The SMILES string of the molecule is CCOC(=O)c1c(NC(=S)NCCc2ccccc2)sc2c1CCCCCC2. The van der Waals surface area contributed by atoms with Gasteiger partial charge in [-0.1, -0.05) is 43.2 Å². The number of thiocarbonyl (C=S) groups is 1. The Morgan fingerprint density at radius 3 is 2.64 bits per heavy atom. The van der Waals surface area contributed by atoms with E-state index in [2.05, 4.69) is 22.8 Å². The number of nitrogens with one attached hydrogen (secondary N) is 2. The van der Waals surface area contributed by atoms with Gasteiger partial charge < -0.3 is 15.4 Å². The summed E-state index contributed by atoms with van der Waals surface area (Å²) in [5, 5.41) is 7.90. The van der Waals surface area contributed by atoms with E-state index in [1.54, 1.807) is 11.3 Å². The molecule has 1 aromatic carbocycles. The van der Waals surface area contributed by atoms with Crippen molar-refractivity contribution in [3.05, 3.63) is 51.9 Å². The highest BCUT2D eigenvalue weighted by Crippen LogP contribution is 2.37. The van der Waals surface area contributed by atoms with Gasteiger partial charge in [-0.05, 0) is 62.4 Å². The summed E-state index contributed by atoms with van der Waals surface area (Å²) in [7, 11) is 0. The fraction of sp³-hybridized carbons (Fsp3) is 0.455. The number of fused-ring (bicyclic) bond motifs is 1. The molecule has 0 aliphatic heterocycles. The number of aryl methyl sites for hydroxylation is 1. The second kappa shape index (κ2) is 10.6. The third kappa shape index (κ3) is 5.55. The second-order valence-corrected chi connectivity index (χ2v) is 8.47. The summed E-state index contributed by atoms with van der Waals surface area (Å²) in [4.78, 5) is 14.0. The normalized spacial score (nSPS) is 13.8. The second-order valence-electron chi connectivity index (χ2n) is 6.96. The van der Waals surface area contributed by atoms with Crippen LogP contribution in [0.25, 0.3) is 0 Å². The van der Waals surface area contributed by atoms with Gasteiger partial charge in [-0.25, -0.2) is 4.79 Å². The highest BCUT2D eigenvalue weighted by molar-refractivity contribution is 7.80. The van der Waals surface area contributed by atoms with Gasteiger partial charge >= 0.3 is 5.97 Å². The minimum Gasteiger partial charge on any atom is -0.462 e. The van der Waals surface area contributed by atoms with Gasteiger partial charge in [0.25, 0.3) is 0 Å². The third-order valence-corrected chi connectivity index (χ3v) is 6.37. The van der Waals surface area contributed by atoms with Crippen LogP contribution in [-0.4, -0.2) is 24.2 Å². The summed E-state index contributed by atoms with van der Waals surface area (Å²) in [5.74, 6) is -0.241. The maximum Gasteiger partial charge on any atom is 0.341 e. The van der Waals surface area contributed by atoms with Crippen molar-refractivity contribution < 1.29 is 9.53 Å². The molecule has 0 bridgehead atoms. The van der Waals surface area contributed by atoms with Crippen LogP contribution in [0.2, 0.25) is 0 Å². The highest BCUT2D eigenvalue weighted by atomic mass is 32.1. The van der Waals surface area contributed by atoms with E-state index in [9.17, 15) is 4.79 Å². The molecule has 150 valence electrons. The number of benzene rings is 1. The maximum absolute atomic E-state index is 12.7. The Morgan fingerprint density at radius 2 is 1.89 bits per heavy atom. The predicted octanol–water partition coefficient (Wildman–Crippen LogP) is 5.11. The van der Waals surface area contributed by atoms with Crippen molar-refractivity contribution in [2.75, 3.05) is 18.5 Å². The van der Waals surface area contributed by atoms with Crippen molar-refractivity contribution in [1.29, 1.82) is 0 Å². The molecule has 0 fully saturated rings. The van der Waals surface area contributed by atoms with Crippen molar-refractivity contribution in [2.24, 2.45) is 0 Å². The van der Waals surface area contributed by atoms with Crippen molar-refractivity contribution in [2.45, 2.75) is 51.9 Å². The zero-order valence-electron chi connectivity index (χ0n) is 16.4. The molecule has 1 aliphatic carbocycles. The molecule has 1 heterocycles. The monoisotopic (exact) mass is 416 g/mol. The summed E-state index contributed by atoms with van der Waals surface area (Å²) in [6, 6.07) is 10.3. The van der Waals surface area contributed by atoms with Crippen molar-refractivity contribution in [1.82, 2.24) is 5.32 Å². The maximum atomic E-state index is 12.7. The largest absolute Gasteiger partial charge is 0.462 e. The summed E-state index contributed by atoms with van der Waals surface area (Å²) >= 11 is 7.15. The number of ether oxygens (including phenoxy) is 1. The molecule has 0 saturated carbocycles. The molecule has 0 unspecified atom stereocenters. The van der Waals surface area contributed by atoms with Gasteiger partial charge in [0.1, 0.15) is 5.00 Å². The number of hydrogen-bond donors (Lipinski definition) is 2. The number of esters is 1. The number of rotatable bonds is 6. The Bertz CT molecular complexity index is 802. The van der Waals surface area contributed by atoms with Gasteiger partial charge in [0.2, 0.25) is 0 Å². The Hall–Kier alpha value is -1.92. The van der Waals surface area contributed by atoms with Crippen molar-refractivity contribution in [3.63, 3.8) is 0 Å². The molecule has 28 heavy (non-hydrogen) atoms. The molecule has 0 radical (unpaired) electrons. The summed E-state index contributed by atoms with van der Waals surface area (Å²) in [6.07, 6.45) is 7.64. The summed E-state index contributed by atoms with van der Waals surface area (Å²) < 4.78 is 5.35. The van der Waals surface area contributed by atoms with Crippen LogP contribution in [0.15, 0.2) is 30.3 Å². The Morgan fingerprint density at radius 1 is 1.14 bits per heavy atom. The van der Waals surface area contributed by atoms with Crippen LogP contribution in [-0.2, 0) is 24.0 Å². The number of carbonyl (C=O) groups excluding carboxylic acids is 1. The van der Waals surface area contributed by atoms with E-state index in [1.807, 2.05) is 25.1 Å². The van der Waals surface area contributed by atoms with Gasteiger partial charge in [0, 0.05) is 11.4 Å². The third-order valence-electron chi connectivity index (χ3n) is 4.92. The molecule has 2 N–H and O–H groups in total. The van der Waals surface area contributed by atoms with Crippen LogP contribution >= 0.6 is 23.6 Å². The molecule has 0 spiro atoms. The lowest BCUT2D eigenvalue weighted by Gasteiger charge is -2.12. The van der Waals surface area contributed by atoms with Crippen molar-refractivity contribution >= 4 is 39.6 Å². The summed E-state index contributed by atoms with van der Waals surface area (Å²) in [5.41, 5.74) is 3.12. The van der Waals surface area contributed by atoms with Gasteiger partial charge in [-0.3, -0.25) is 0 Å². The molecule has 2 aromatic rings. The van der Waals surface area contributed by atoms with Gasteiger partial charge in [-0.15, -0.1) is 11.3 Å². The number of carbonyl (C=O) groups is 1. The lowest BCUT2D eigenvalue weighted by molar-refractivity contribution is 0.0526. The smallest absolute Gasteiger partial charge is 0.341 e. The Labute approximate surface area is 176 Å². The molecule has 0 saturated heterocycles. The van der Waals surface area contributed by atoms with E-state index in [0.29, 0.717) is 17.3 Å². The van der Waals surface area contributed by atoms with E-state index < -0.39 is 0 Å². The molecule has 1 aromatic heterocycles. The lowest BCUT2D eigenvalue weighted by atomic mass is 9.96. The minimum absolute atomic E-state index is 0.241. The molecule has 0 amide bonds. The van der Waals surface area contributed by atoms with E-state index in [1.165, 1.54) is 29.7 Å². The van der Waals surface area contributed by atoms with Crippen LogP contribution < -0.4 is 10.6 Å². The van der Waals surface area contributed by atoms with Crippen LogP contribution in [0.1, 0.15) is 59.0 Å². The highest BCUT2D eigenvalue weighted by Gasteiger charge is 2.25. The van der Waals surface area contributed by atoms with E-state index in [-0.39, 0.29) is 5.97 Å². The first-order valence-corrected chi connectivity index (χ1v) is 11.3. The molecule has 4 nitrogen and oxygen atoms in total. The minimum atomic E-state index is -0.241. The van der Waals surface area contributed by atoms with E-state index in [4.69, 9.17) is 17.0 Å². The number of anilines is 1. The first kappa shape index (κ1) is 20.8. The van der Waals surface area contributed by atoms with Crippen LogP contribution in [0.5, 0.6) is 0 Å². The van der Waals surface area contributed by atoms with Gasteiger partial charge in [0.05, 0.1) is 12.2 Å². The lowest BCUT2D eigenvalue weighted by Crippen LogP contribution is -2.30. The molecule has 1 aliphatic rings. The van der Waals surface area contributed by atoms with Crippen LogP contribution in [0.3, 0.4) is 0 Å². The first-order chi connectivity index (χ1) is 13.7. The Balaban J connectivity index is 1.69. The van der Waals surface area contributed by atoms with Crippen molar-refractivity contribution in [3.8, 4) is 0 Å².